The third-order valence-corrected chi connectivity index (χ3v) is 4.01. The van der Waals surface area contributed by atoms with Gasteiger partial charge in [-0.05, 0) is 43.1 Å². The largest absolute Gasteiger partial charge is 0.312 e. The molecule has 20 heavy (non-hydrogen) atoms. The lowest BCUT2D eigenvalue weighted by molar-refractivity contribution is 0.550. The molecule has 0 radical (unpaired) electrons. The van der Waals surface area contributed by atoms with Crippen molar-refractivity contribution < 1.29 is 0 Å². The standard InChI is InChI=1S/C17H22N2S/c1-13(2)11-18-12-15-10-14(3)7-8-16(15)20-17-6-4-5-9-19-17/h4-10,13,18H,11-12H2,1-3H3. The second kappa shape index (κ2) is 7.46. The van der Waals surface area contributed by atoms with Crippen molar-refractivity contribution >= 4 is 11.8 Å². The highest BCUT2D eigenvalue weighted by molar-refractivity contribution is 7.99. The molecule has 3 heteroatoms. The van der Waals surface area contributed by atoms with Crippen LogP contribution in [-0.4, -0.2) is 11.5 Å². The highest BCUT2D eigenvalue weighted by Crippen LogP contribution is 2.29. The van der Waals surface area contributed by atoms with E-state index in [0.717, 1.165) is 18.1 Å². The molecule has 2 nitrogen and oxygen atoms in total. The monoisotopic (exact) mass is 286 g/mol. The maximum absolute atomic E-state index is 4.39. The molecule has 0 aliphatic heterocycles. The maximum Gasteiger partial charge on any atom is 0.101 e. The van der Waals surface area contributed by atoms with Crippen molar-refractivity contribution in [1.82, 2.24) is 10.3 Å². The van der Waals surface area contributed by atoms with Crippen LogP contribution in [0.15, 0.2) is 52.5 Å². The Balaban J connectivity index is 2.11. The van der Waals surface area contributed by atoms with Gasteiger partial charge in [-0.1, -0.05) is 49.4 Å². The van der Waals surface area contributed by atoms with Crippen molar-refractivity contribution in [3.8, 4) is 0 Å². The molecule has 0 fully saturated rings. The van der Waals surface area contributed by atoms with Gasteiger partial charge in [0.25, 0.3) is 0 Å². The van der Waals surface area contributed by atoms with Crippen LogP contribution in [0.2, 0.25) is 0 Å². The van der Waals surface area contributed by atoms with E-state index in [9.17, 15) is 0 Å². The van der Waals surface area contributed by atoms with Gasteiger partial charge in [0.2, 0.25) is 0 Å². The smallest absolute Gasteiger partial charge is 0.101 e. The Bertz CT molecular complexity index is 538. The number of benzene rings is 1. The number of pyridine rings is 1. The molecule has 0 spiro atoms. The van der Waals surface area contributed by atoms with Gasteiger partial charge in [0.1, 0.15) is 5.03 Å². The van der Waals surface area contributed by atoms with E-state index in [-0.39, 0.29) is 0 Å². The third-order valence-electron chi connectivity index (χ3n) is 2.94. The molecule has 0 unspecified atom stereocenters. The fourth-order valence-electron chi connectivity index (χ4n) is 1.96. The lowest BCUT2D eigenvalue weighted by atomic mass is 10.1. The van der Waals surface area contributed by atoms with Crippen molar-refractivity contribution in [3.63, 3.8) is 0 Å². The first-order valence-electron chi connectivity index (χ1n) is 7.04. The summed E-state index contributed by atoms with van der Waals surface area (Å²) in [6.45, 7) is 8.55. The van der Waals surface area contributed by atoms with Crippen LogP contribution in [0.5, 0.6) is 0 Å². The number of rotatable bonds is 6. The third kappa shape index (κ3) is 4.66. The molecule has 0 amide bonds. The Morgan fingerprint density at radius 1 is 1.20 bits per heavy atom. The predicted molar refractivity (Wildman–Crippen MR) is 86.1 cm³/mol. The average molecular weight is 286 g/mol. The zero-order valence-corrected chi connectivity index (χ0v) is 13.2. The molecule has 106 valence electrons. The summed E-state index contributed by atoms with van der Waals surface area (Å²) >= 11 is 1.73. The molecular weight excluding hydrogens is 264 g/mol. The van der Waals surface area contributed by atoms with E-state index in [4.69, 9.17) is 0 Å². The molecule has 0 saturated carbocycles. The summed E-state index contributed by atoms with van der Waals surface area (Å²) in [5, 5.41) is 4.56. The number of hydrogen-bond donors (Lipinski definition) is 1. The molecule has 1 aromatic heterocycles. The summed E-state index contributed by atoms with van der Waals surface area (Å²) in [5.74, 6) is 0.673. The fraction of sp³-hybridized carbons (Fsp3) is 0.353. The fourth-order valence-corrected chi connectivity index (χ4v) is 2.85. The molecule has 1 heterocycles. The number of nitrogens with zero attached hydrogens (tertiary/aromatic N) is 1. The highest BCUT2D eigenvalue weighted by Gasteiger charge is 2.06. The number of aromatic nitrogens is 1. The molecule has 1 N–H and O–H groups in total. The normalized spacial score (nSPS) is 11.0. The minimum Gasteiger partial charge on any atom is -0.312 e. The molecule has 0 aliphatic rings. The quantitative estimate of drug-likeness (QED) is 0.857. The van der Waals surface area contributed by atoms with Crippen LogP contribution in [0, 0.1) is 12.8 Å². The van der Waals surface area contributed by atoms with E-state index in [1.165, 1.54) is 16.0 Å². The number of hydrogen-bond acceptors (Lipinski definition) is 3. The van der Waals surface area contributed by atoms with Gasteiger partial charge in [0.05, 0.1) is 0 Å². The zero-order chi connectivity index (χ0) is 14.4. The first-order chi connectivity index (χ1) is 9.65. The SMILES string of the molecule is Cc1ccc(Sc2ccccn2)c(CNCC(C)C)c1. The van der Waals surface area contributed by atoms with E-state index in [0.29, 0.717) is 5.92 Å². The van der Waals surface area contributed by atoms with Gasteiger partial charge in [0, 0.05) is 17.6 Å². The van der Waals surface area contributed by atoms with E-state index >= 15 is 0 Å². The van der Waals surface area contributed by atoms with Crippen LogP contribution in [0.3, 0.4) is 0 Å². The van der Waals surface area contributed by atoms with Crippen LogP contribution in [0.25, 0.3) is 0 Å². The molecule has 2 aromatic rings. The summed E-state index contributed by atoms with van der Waals surface area (Å²) in [7, 11) is 0. The Labute approximate surface area is 126 Å². The van der Waals surface area contributed by atoms with E-state index in [2.05, 4.69) is 55.3 Å². The zero-order valence-electron chi connectivity index (χ0n) is 12.4. The Morgan fingerprint density at radius 2 is 2.05 bits per heavy atom. The lowest BCUT2D eigenvalue weighted by Crippen LogP contribution is -2.19. The van der Waals surface area contributed by atoms with Crippen LogP contribution in [-0.2, 0) is 6.54 Å². The van der Waals surface area contributed by atoms with Crippen LogP contribution < -0.4 is 5.32 Å². The second-order valence-electron chi connectivity index (χ2n) is 5.41. The van der Waals surface area contributed by atoms with Gasteiger partial charge in [-0.25, -0.2) is 4.98 Å². The van der Waals surface area contributed by atoms with E-state index in [1.807, 2.05) is 18.3 Å². The first kappa shape index (κ1) is 15.1. The van der Waals surface area contributed by atoms with Crippen molar-refractivity contribution in [2.24, 2.45) is 5.92 Å². The van der Waals surface area contributed by atoms with Gasteiger partial charge in [0.15, 0.2) is 0 Å². The van der Waals surface area contributed by atoms with Crippen LogP contribution in [0.1, 0.15) is 25.0 Å². The van der Waals surface area contributed by atoms with E-state index in [1.54, 1.807) is 11.8 Å². The van der Waals surface area contributed by atoms with Gasteiger partial charge < -0.3 is 5.32 Å². The molecule has 0 aliphatic carbocycles. The molecule has 2 rings (SSSR count). The summed E-state index contributed by atoms with van der Waals surface area (Å²) in [5.41, 5.74) is 2.65. The maximum atomic E-state index is 4.39. The minimum absolute atomic E-state index is 0.673. The van der Waals surface area contributed by atoms with Crippen molar-refractivity contribution in [2.45, 2.75) is 37.2 Å². The number of nitrogens with one attached hydrogen (secondary N) is 1. The summed E-state index contributed by atoms with van der Waals surface area (Å²) in [4.78, 5) is 5.67. The van der Waals surface area contributed by atoms with Crippen LogP contribution in [0.4, 0.5) is 0 Å². The van der Waals surface area contributed by atoms with Gasteiger partial charge in [-0.2, -0.15) is 0 Å². The average Bonchev–Trinajstić information content (AvgIpc) is 2.42. The Kier molecular flexibility index (Phi) is 5.62. The Morgan fingerprint density at radius 3 is 2.75 bits per heavy atom. The summed E-state index contributed by atoms with van der Waals surface area (Å²) in [6, 6.07) is 12.7. The topological polar surface area (TPSA) is 24.9 Å². The molecule has 0 atom stereocenters. The van der Waals surface area contributed by atoms with Gasteiger partial charge in [-0.15, -0.1) is 0 Å². The predicted octanol–water partition coefficient (Wildman–Crippen LogP) is 4.29. The van der Waals surface area contributed by atoms with Gasteiger partial charge >= 0.3 is 0 Å². The Hall–Kier alpha value is -1.32. The highest BCUT2D eigenvalue weighted by atomic mass is 32.2. The van der Waals surface area contributed by atoms with Crippen LogP contribution >= 0.6 is 11.8 Å². The first-order valence-corrected chi connectivity index (χ1v) is 7.86. The lowest BCUT2D eigenvalue weighted by Gasteiger charge is -2.12. The molecule has 0 bridgehead atoms. The second-order valence-corrected chi connectivity index (χ2v) is 6.47. The van der Waals surface area contributed by atoms with Crippen molar-refractivity contribution in [1.29, 1.82) is 0 Å². The van der Waals surface area contributed by atoms with Gasteiger partial charge in [-0.3, -0.25) is 0 Å². The summed E-state index contributed by atoms with van der Waals surface area (Å²) in [6.07, 6.45) is 1.84. The summed E-state index contributed by atoms with van der Waals surface area (Å²) < 4.78 is 0. The minimum atomic E-state index is 0.673. The molecule has 1 aromatic carbocycles. The molecular formula is C17H22N2S. The molecule has 0 saturated heterocycles. The number of aryl methyl sites for hydroxylation is 1. The van der Waals surface area contributed by atoms with Crippen molar-refractivity contribution in [2.75, 3.05) is 6.54 Å². The van der Waals surface area contributed by atoms with E-state index < -0.39 is 0 Å². The van der Waals surface area contributed by atoms with Crippen molar-refractivity contribution in [3.05, 3.63) is 53.7 Å².